The highest BCUT2D eigenvalue weighted by Gasteiger charge is 2.23. The highest BCUT2D eigenvalue weighted by molar-refractivity contribution is 7.99. The van der Waals surface area contributed by atoms with Gasteiger partial charge in [-0.05, 0) is 6.07 Å². The number of nitrogens with one attached hydrogen (secondary N) is 2. The van der Waals surface area contributed by atoms with Crippen LogP contribution in [0.3, 0.4) is 0 Å². The van der Waals surface area contributed by atoms with Crippen molar-refractivity contribution in [3.63, 3.8) is 0 Å². The van der Waals surface area contributed by atoms with Gasteiger partial charge in [0.15, 0.2) is 12.4 Å². The molecule has 8 heteroatoms. The second-order valence-corrected chi connectivity index (χ2v) is 5.40. The maximum Gasteiger partial charge on any atom is 0.296 e. The summed E-state index contributed by atoms with van der Waals surface area (Å²) in [5, 5.41) is 16.8. The molecule has 1 heterocycles. The molecule has 1 aliphatic heterocycles. The number of fused-ring (bicyclic) bond motifs is 1. The molecule has 0 aromatic heterocycles. The zero-order chi connectivity index (χ0) is 15.2. The summed E-state index contributed by atoms with van der Waals surface area (Å²) in [6, 6.07) is 2.86. The lowest BCUT2D eigenvalue weighted by atomic mass is 10.2. The van der Waals surface area contributed by atoms with Gasteiger partial charge in [-0.3, -0.25) is 14.9 Å². The van der Waals surface area contributed by atoms with Gasteiger partial charge in [0.25, 0.3) is 11.6 Å². The van der Waals surface area contributed by atoms with E-state index in [1.54, 1.807) is 17.8 Å². The Morgan fingerprint density at radius 1 is 1.57 bits per heavy atom. The Bertz CT molecular complexity index is 577. The summed E-state index contributed by atoms with van der Waals surface area (Å²) in [5.74, 6) is 1.66. The van der Waals surface area contributed by atoms with Crippen LogP contribution >= 0.6 is 11.8 Å². The molecule has 0 atom stereocenters. The van der Waals surface area contributed by atoms with Crippen LogP contribution in [0.1, 0.15) is 0 Å². The number of anilines is 2. The van der Waals surface area contributed by atoms with Gasteiger partial charge < -0.3 is 15.4 Å². The van der Waals surface area contributed by atoms with Crippen LogP contribution in [0.4, 0.5) is 17.1 Å². The smallest absolute Gasteiger partial charge is 0.296 e. The van der Waals surface area contributed by atoms with E-state index in [-0.39, 0.29) is 18.2 Å². The third kappa shape index (κ3) is 3.88. The van der Waals surface area contributed by atoms with Crippen LogP contribution in [0.2, 0.25) is 0 Å². The minimum absolute atomic E-state index is 0.0707. The molecule has 0 fully saturated rings. The molecule has 7 nitrogen and oxygen atoms in total. The Morgan fingerprint density at radius 3 is 3.10 bits per heavy atom. The Labute approximate surface area is 125 Å². The molecular weight excluding hydrogens is 294 g/mol. The maximum absolute atomic E-state index is 11.3. The van der Waals surface area contributed by atoms with Crippen LogP contribution in [0.25, 0.3) is 0 Å². The average molecular weight is 309 g/mol. The van der Waals surface area contributed by atoms with Crippen molar-refractivity contribution in [2.45, 2.75) is 0 Å². The molecule has 0 aliphatic carbocycles. The van der Waals surface area contributed by atoms with Crippen LogP contribution in [-0.4, -0.2) is 35.5 Å². The lowest BCUT2D eigenvalue weighted by Crippen LogP contribution is -2.25. The molecule has 1 amide bonds. The van der Waals surface area contributed by atoms with Crippen molar-refractivity contribution in [2.24, 2.45) is 0 Å². The second kappa shape index (κ2) is 6.98. The van der Waals surface area contributed by atoms with E-state index in [2.05, 4.69) is 17.2 Å². The number of nitro benzene ring substituents is 1. The van der Waals surface area contributed by atoms with E-state index in [9.17, 15) is 14.9 Å². The molecule has 0 spiro atoms. The van der Waals surface area contributed by atoms with Crippen LogP contribution in [0.5, 0.6) is 5.75 Å². The Morgan fingerprint density at radius 2 is 2.38 bits per heavy atom. The van der Waals surface area contributed by atoms with E-state index in [1.807, 2.05) is 0 Å². The first-order valence-corrected chi connectivity index (χ1v) is 7.45. The molecule has 2 N–H and O–H groups in total. The number of nitro groups is 1. The lowest BCUT2D eigenvalue weighted by Gasteiger charge is -2.19. The predicted molar refractivity (Wildman–Crippen MR) is 83.2 cm³/mol. The average Bonchev–Trinajstić information content (AvgIpc) is 2.46. The van der Waals surface area contributed by atoms with Gasteiger partial charge in [-0.1, -0.05) is 6.08 Å². The molecule has 1 aliphatic rings. The van der Waals surface area contributed by atoms with Crippen molar-refractivity contribution < 1.29 is 14.5 Å². The quantitative estimate of drug-likeness (QED) is 0.347. The highest BCUT2D eigenvalue weighted by Crippen LogP contribution is 2.37. The normalized spacial score (nSPS) is 12.9. The third-order valence-corrected chi connectivity index (χ3v) is 3.69. The molecule has 1 aromatic rings. The van der Waals surface area contributed by atoms with E-state index in [1.165, 1.54) is 12.1 Å². The van der Waals surface area contributed by atoms with Crippen molar-refractivity contribution in [1.29, 1.82) is 0 Å². The number of rotatable bonds is 7. The fourth-order valence-electron chi connectivity index (χ4n) is 1.83. The molecule has 2 rings (SSSR count). The maximum atomic E-state index is 11.3. The van der Waals surface area contributed by atoms with Gasteiger partial charge in [0.1, 0.15) is 5.69 Å². The minimum Gasteiger partial charge on any atom is -0.481 e. The fourth-order valence-corrected chi connectivity index (χ4v) is 2.41. The molecule has 0 radical (unpaired) electrons. The summed E-state index contributed by atoms with van der Waals surface area (Å²) < 4.78 is 5.18. The SMILES string of the molecule is C=CCSCCNc1cc2c(cc1[N+](=O)[O-])OCC(=O)N2. The van der Waals surface area contributed by atoms with E-state index in [0.717, 1.165) is 11.5 Å². The number of ether oxygens (including phenoxy) is 1. The summed E-state index contributed by atoms with van der Waals surface area (Å²) in [7, 11) is 0. The topological polar surface area (TPSA) is 93.5 Å². The number of thioether (sulfide) groups is 1. The van der Waals surface area contributed by atoms with Crippen molar-refractivity contribution in [2.75, 3.05) is 35.3 Å². The van der Waals surface area contributed by atoms with E-state index in [4.69, 9.17) is 4.74 Å². The van der Waals surface area contributed by atoms with Gasteiger partial charge in [0, 0.05) is 18.1 Å². The Hall–Kier alpha value is -2.22. The van der Waals surface area contributed by atoms with Crippen molar-refractivity contribution >= 4 is 34.7 Å². The first kappa shape index (κ1) is 15.2. The molecule has 0 bridgehead atoms. The van der Waals surface area contributed by atoms with Gasteiger partial charge in [0.2, 0.25) is 0 Å². The first-order chi connectivity index (χ1) is 10.1. The zero-order valence-corrected chi connectivity index (χ0v) is 12.1. The standard InChI is InChI=1S/C13H15N3O4S/c1-2-4-21-5-3-14-9-6-10-12(7-11(9)16(18)19)20-8-13(17)15-10/h2,6-7,14H,1,3-5,8H2,(H,15,17). The monoisotopic (exact) mass is 309 g/mol. The number of hydrogen-bond acceptors (Lipinski definition) is 6. The molecule has 0 saturated carbocycles. The largest absolute Gasteiger partial charge is 0.481 e. The van der Waals surface area contributed by atoms with Gasteiger partial charge >= 0.3 is 0 Å². The molecule has 0 unspecified atom stereocenters. The molecule has 21 heavy (non-hydrogen) atoms. The molecular formula is C13H15N3O4S. The van der Waals surface area contributed by atoms with Crippen molar-refractivity contribution in [3.8, 4) is 5.75 Å². The van der Waals surface area contributed by atoms with E-state index in [0.29, 0.717) is 23.7 Å². The third-order valence-electron chi connectivity index (χ3n) is 2.73. The summed E-state index contributed by atoms with van der Waals surface area (Å²) in [5.41, 5.74) is 0.737. The van der Waals surface area contributed by atoms with Gasteiger partial charge in [-0.15, -0.1) is 6.58 Å². The van der Waals surface area contributed by atoms with Crippen molar-refractivity contribution in [1.82, 2.24) is 0 Å². The number of amides is 1. The lowest BCUT2D eigenvalue weighted by molar-refractivity contribution is -0.384. The number of hydrogen-bond donors (Lipinski definition) is 2. The first-order valence-electron chi connectivity index (χ1n) is 6.29. The summed E-state index contributed by atoms with van der Waals surface area (Å²) in [4.78, 5) is 21.9. The van der Waals surface area contributed by atoms with E-state index < -0.39 is 4.92 Å². The molecule has 112 valence electrons. The van der Waals surface area contributed by atoms with Crippen LogP contribution < -0.4 is 15.4 Å². The van der Waals surface area contributed by atoms with Gasteiger partial charge in [-0.2, -0.15) is 11.8 Å². The summed E-state index contributed by atoms with van der Waals surface area (Å²) in [6.45, 7) is 4.07. The summed E-state index contributed by atoms with van der Waals surface area (Å²) in [6.07, 6.45) is 1.80. The second-order valence-electron chi connectivity index (χ2n) is 4.25. The predicted octanol–water partition coefficient (Wildman–Crippen LogP) is 2.26. The number of carbonyl (C=O) groups is 1. The minimum atomic E-state index is -0.473. The molecule has 1 aromatic carbocycles. The van der Waals surface area contributed by atoms with Crippen LogP contribution in [0.15, 0.2) is 24.8 Å². The zero-order valence-electron chi connectivity index (χ0n) is 11.3. The van der Waals surface area contributed by atoms with Crippen molar-refractivity contribution in [3.05, 3.63) is 34.9 Å². The number of nitrogens with zero attached hydrogens (tertiary/aromatic N) is 1. The molecule has 0 saturated heterocycles. The van der Waals surface area contributed by atoms with Crippen LogP contribution in [0, 0.1) is 10.1 Å². The summed E-state index contributed by atoms with van der Waals surface area (Å²) >= 11 is 1.67. The Balaban J connectivity index is 2.14. The van der Waals surface area contributed by atoms with E-state index >= 15 is 0 Å². The highest BCUT2D eigenvalue weighted by atomic mass is 32.2. The van der Waals surface area contributed by atoms with Gasteiger partial charge in [-0.25, -0.2) is 0 Å². The number of carbonyl (C=O) groups excluding carboxylic acids is 1. The number of benzene rings is 1. The Kier molecular flexibility index (Phi) is 5.04. The fraction of sp³-hybridized carbons (Fsp3) is 0.308. The van der Waals surface area contributed by atoms with Crippen LogP contribution in [-0.2, 0) is 4.79 Å². The van der Waals surface area contributed by atoms with Gasteiger partial charge in [0.05, 0.1) is 16.7 Å².